The maximum atomic E-state index is 13.8. The van der Waals surface area contributed by atoms with Crippen molar-refractivity contribution in [1.82, 2.24) is 0 Å². The lowest BCUT2D eigenvalue weighted by atomic mass is 10.1. The van der Waals surface area contributed by atoms with Crippen LogP contribution < -0.4 is 10.5 Å². The van der Waals surface area contributed by atoms with E-state index in [0.717, 1.165) is 5.56 Å². The first-order valence-corrected chi connectivity index (χ1v) is 6.05. The van der Waals surface area contributed by atoms with E-state index in [1.54, 1.807) is 6.07 Å². The lowest BCUT2D eigenvalue weighted by Crippen LogP contribution is -2.11. The second-order valence-corrected chi connectivity index (χ2v) is 4.22. The minimum absolute atomic E-state index is 0.0592. The molecule has 0 aliphatic rings. The number of nitrogens with two attached hydrogens (primary N) is 1. The lowest BCUT2D eigenvalue weighted by Gasteiger charge is -2.11. The Morgan fingerprint density at radius 1 is 1.16 bits per heavy atom. The van der Waals surface area contributed by atoms with E-state index in [-0.39, 0.29) is 12.3 Å². The van der Waals surface area contributed by atoms with Gasteiger partial charge in [0.2, 0.25) is 0 Å². The molecule has 100 valence electrons. The van der Waals surface area contributed by atoms with E-state index < -0.39 is 11.9 Å². The van der Waals surface area contributed by atoms with Gasteiger partial charge in [0, 0.05) is 6.54 Å². The van der Waals surface area contributed by atoms with Gasteiger partial charge in [-0.05, 0) is 23.3 Å². The largest absolute Gasteiger partial charge is 0.486 e. The van der Waals surface area contributed by atoms with Crippen LogP contribution >= 0.6 is 0 Å². The van der Waals surface area contributed by atoms with Crippen LogP contribution in [-0.2, 0) is 6.61 Å². The third kappa shape index (κ3) is 3.53. The molecular weight excluding hydrogens is 245 g/mol. The van der Waals surface area contributed by atoms with Gasteiger partial charge in [0.1, 0.15) is 6.61 Å². The van der Waals surface area contributed by atoms with Gasteiger partial charge < -0.3 is 15.6 Å². The zero-order valence-electron chi connectivity index (χ0n) is 10.4. The molecule has 0 saturated carbocycles. The van der Waals surface area contributed by atoms with Gasteiger partial charge in [-0.25, -0.2) is 4.39 Å². The van der Waals surface area contributed by atoms with Gasteiger partial charge in [-0.1, -0.05) is 36.4 Å². The highest BCUT2D eigenvalue weighted by Crippen LogP contribution is 2.22. The van der Waals surface area contributed by atoms with E-state index in [2.05, 4.69) is 0 Å². The molecule has 3 nitrogen and oxygen atoms in total. The molecule has 2 rings (SSSR count). The Kier molecular flexibility index (Phi) is 4.49. The van der Waals surface area contributed by atoms with Crippen LogP contribution in [-0.4, -0.2) is 11.7 Å². The molecule has 0 aliphatic heterocycles. The fraction of sp³-hybridized carbons (Fsp3) is 0.200. The second-order valence-electron chi connectivity index (χ2n) is 4.22. The third-order valence-corrected chi connectivity index (χ3v) is 2.80. The first kappa shape index (κ1) is 13.5. The summed E-state index contributed by atoms with van der Waals surface area (Å²) in [6.07, 6.45) is -0.849. The number of rotatable bonds is 5. The van der Waals surface area contributed by atoms with Gasteiger partial charge in [-0.2, -0.15) is 0 Å². The van der Waals surface area contributed by atoms with Crippen molar-refractivity contribution in [2.75, 3.05) is 6.54 Å². The van der Waals surface area contributed by atoms with E-state index in [4.69, 9.17) is 10.5 Å². The summed E-state index contributed by atoms with van der Waals surface area (Å²) in [5.41, 5.74) is 6.74. The molecule has 0 saturated heterocycles. The highest BCUT2D eigenvalue weighted by molar-refractivity contribution is 5.31. The Labute approximate surface area is 111 Å². The molecule has 0 amide bonds. The topological polar surface area (TPSA) is 55.5 Å². The SMILES string of the molecule is NCC(O)c1ccc(OCc2ccccc2)c(F)c1. The van der Waals surface area contributed by atoms with E-state index in [9.17, 15) is 9.50 Å². The molecule has 2 aromatic carbocycles. The maximum Gasteiger partial charge on any atom is 0.165 e. The van der Waals surface area contributed by atoms with Crippen LogP contribution in [0.1, 0.15) is 17.2 Å². The normalized spacial score (nSPS) is 12.2. The number of benzene rings is 2. The summed E-state index contributed by atoms with van der Waals surface area (Å²) in [6, 6.07) is 13.9. The van der Waals surface area contributed by atoms with E-state index in [1.807, 2.05) is 30.3 Å². The number of halogens is 1. The van der Waals surface area contributed by atoms with Crippen LogP contribution in [0.4, 0.5) is 4.39 Å². The summed E-state index contributed by atoms with van der Waals surface area (Å²) in [5, 5.41) is 9.52. The van der Waals surface area contributed by atoms with Crippen LogP contribution in [0, 0.1) is 5.82 Å². The van der Waals surface area contributed by atoms with Gasteiger partial charge in [-0.15, -0.1) is 0 Å². The maximum absolute atomic E-state index is 13.8. The number of hydrogen-bond donors (Lipinski definition) is 2. The van der Waals surface area contributed by atoms with E-state index >= 15 is 0 Å². The monoisotopic (exact) mass is 261 g/mol. The van der Waals surface area contributed by atoms with Crippen LogP contribution in [0.3, 0.4) is 0 Å². The van der Waals surface area contributed by atoms with Crippen molar-refractivity contribution in [3.05, 3.63) is 65.5 Å². The van der Waals surface area contributed by atoms with Crippen molar-refractivity contribution >= 4 is 0 Å². The molecule has 1 atom stereocenters. The average Bonchev–Trinajstić information content (AvgIpc) is 2.46. The third-order valence-electron chi connectivity index (χ3n) is 2.80. The molecule has 3 N–H and O–H groups in total. The second kappa shape index (κ2) is 6.31. The molecule has 0 aliphatic carbocycles. The zero-order valence-corrected chi connectivity index (χ0v) is 10.4. The molecule has 19 heavy (non-hydrogen) atoms. The van der Waals surface area contributed by atoms with Gasteiger partial charge in [0.15, 0.2) is 11.6 Å². The van der Waals surface area contributed by atoms with Crippen LogP contribution in [0.15, 0.2) is 48.5 Å². The van der Waals surface area contributed by atoms with Crippen molar-refractivity contribution in [1.29, 1.82) is 0 Å². The molecule has 0 radical (unpaired) electrons. The highest BCUT2D eigenvalue weighted by Gasteiger charge is 2.10. The summed E-state index contributed by atoms with van der Waals surface area (Å²) in [5.74, 6) is -0.335. The molecule has 4 heteroatoms. The number of aliphatic hydroxyl groups is 1. The van der Waals surface area contributed by atoms with Crippen molar-refractivity contribution in [2.24, 2.45) is 5.73 Å². The van der Waals surface area contributed by atoms with E-state index in [1.165, 1.54) is 12.1 Å². The quantitative estimate of drug-likeness (QED) is 0.869. The van der Waals surface area contributed by atoms with E-state index in [0.29, 0.717) is 12.2 Å². The number of ether oxygens (including phenoxy) is 1. The standard InChI is InChI=1S/C15H16FNO2/c16-13-8-12(14(18)9-17)6-7-15(13)19-10-11-4-2-1-3-5-11/h1-8,14,18H,9-10,17H2. The first-order chi connectivity index (χ1) is 9.20. The molecule has 0 fully saturated rings. The average molecular weight is 261 g/mol. The van der Waals surface area contributed by atoms with Gasteiger partial charge >= 0.3 is 0 Å². The predicted molar refractivity (Wildman–Crippen MR) is 71.2 cm³/mol. The van der Waals surface area contributed by atoms with Gasteiger partial charge in [0.25, 0.3) is 0 Å². The van der Waals surface area contributed by atoms with Crippen molar-refractivity contribution in [3.8, 4) is 5.75 Å². The van der Waals surface area contributed by atoms with Crippen LogP contribution in [0.2, 0.25) is 0 Å². The van der Waals surface area contributed by atoms with Crippen molar-refractivity contribution < 1.29 is 14.2 Å². The van der Waals surface area contributed by atoms with Crippen LogP contribution in [0.25, 0.3) is 0 Å². The van der Waals surface area contributed by atoms with Crippen molar-refractivity contribution in [3.63, 3.8) is 0 Å². The summed E-state index contributed by atoms with van der Waals surface area (Å²) in [7, 11) is 0. The summed E-state index contributed by atoms with van der Waals surface area (Å²) in [4.78, 5) is 0. The summed E-state index contributed by atoms with van der Waals surface area (Å²) in [6.45, 7) is 0.361. The smallest absolute Gasteiger partial charge is 0.165 e. The number of aliphatic hydroxyl groups excluding tert-OH is 1. The minimum atomic E-state index is -0.849. The first-order valence-electron chi connectivity index (χ1n) is 6.05. The molecule has 1 unspecified atom stereocenters. The fourth-order valence-electron chi connectivity index (χ4n) is 1.71. The molecule has 2 aromatic rings. The minimum Gasteiger partial charge on any atom is -0.486 e. The molecule has 0 heterocycles. The zero-order chi connectivity index (χ0) is 13.7. The predicted octanol–water partition coefficient (Wildman–Crippen LogP) is 2.40. The fourth-order valence-corrected chi connectivity index (χ4v) is 1.71. The number of hydrogen-bond acceptors (Lipinski definition) is 3. The molecule has 0 bridgehead atoms. The molecule has 0 aromatic heterocycles. The van der Waals surface area contributed by atoms with Gasteiger partial charge in [-0.3, -0.25) is 0 Å². The summed E-state index contributed by atoms with van der Waals surface area (Å²) >= 11 is 0. The Hall–Kier alpha value is -1.91. The Bertz CT molecular complexity index is 531. The van der Waals surface area contributed by atoms with Gasteiger partial charge in [0.05, 0.1) is 6.10 Å². The summed E-state index contributed by atoms with van der Waals surface area (Å²) < 4.78 is 19.2. The Balaban J connectivity index is 2.05. The molecular formula is C15H16FNO2. The Morgan fingerprint density at radius 3 is 2.53 bits per heavy atom. The Morgan fingerprint density at radius 2 is 1.89 bits per heavy atom. The van der Waals surface area contributed by atoms with Crippen molar-refractivity contribution in [2.45, 2.75) is 12.7 Å². The lowest BCUT2D eigenvalue weighted by molar-refractivity contribution is 0.186. The molecule has 0 spiro atoms. The highest BCUT2D eigenvalue weighted by atomic mass is 19.1. The van der Waals surface area contributed by atoms with Crippen LogP contribution in [0.5, 0.6) is 5.75 Å².